The van der Waals surface area contributed by atoms with E-state index in [4.69, 9.17) is 0 Å². The van der Waals surface area contributed by atoms with Crippen LogP contribution in [0.3, 0.4) is 0 Å². The molecular weight excluding hydrogens is 380 g/mol. The van der Waals surface area contributed by atoms with Gasteiger partial charge in [0.1, 0.15) is 12.4 Å². The number of nitrogens with one attached hydrogen (secondary N) is 2. The van der Waals surface area contributed by atoms with Crippen LogP contribution in [0.15, 0.2) is 78.0 Å². The molecular formula is C22H26N6O2. The fourth-order valence-electron chi connectivity index (χ4n) is 3.23. The molecule has 0 saturated carbocycles. The van der Waals surface area contributed by atoms with Crippen LogP contribution in [0.4, 0.5) is 5.69 Å². The molecule has 1 unspecified atom stereocenters. The molecule has 0 saturated heterocycles. The van der Waals surface area contributed by atoms with Crippen LogP contribution in [0.25, 0.3) is 0 Å². The third kappa shape index (κ3) is 6.16. The largest absolute Gasteiger partial charge is 0.356 e. The van der Waals surface area contributed by atoms with Crippen LogP contribution >= 0.6 is 0 Å². The molecule has 30 heavy (non-hydrogen) atoms. The van der Waals surface area contributed by atoms with E-state index in [9.17, 15) is 10.1 Å². The average Bonchev–Trinajstić information content (AvgIpc) is 3.26. The van der Waals surface area contributed by atoms with Crippen molar-refractivity contribution in [2.24, 2.45) is 4.99 Å². The van der Waals surface area contributed by atoms with Crippen LogP contribution in [0.5, 0.6) is 0 Å². The van der Waals surface area contributed by atoms with Crippen molar-refractivity contribution < 1.29 is 4.92 Å². The highest BCUT2D eigenvalue weighted by atomic mass is 16.6. The standard InChI is InChI=1S/C22H26N6O2/c1-23-22(24-12-13-27-17-21(16-26-27)28(29)30)25-15-20(19-10-6-3-7-11-19)14-18-8-4-2-5-9-18/h2-11,16-17,20H,12-15H2,1H3,(H2,23,24,25). The van der Waals surface area contributed by atoms with Crippen LogP contribution < -0.4 is 10.6 Å². The number of rotatable bonds is 9. The van der Waals surface area contributed by atoms with E-state index in [1.54, 1.807) is 11.7 Å². The van der Waals surface area contributed by atoms with Gasteiger partial charge in [-0.3, -0.25) is 19.8 Å². The Bertz CT molecular complexity index is 956. The number of aromatic nitrogens is 2. The molecule has 8 nitrogen and oxygen atoms in total. The molecule has 156 valence electrons. The summed E-state index contributed by atoms with van der Waals surface area (Å²) in [6, 6.07) is 20.9. The normalized spacial score (nSPS) is 12.4. The fraction of sp³-hybridized carbons (Fsp3) is 0.273. The minimum Gasteiger partial charge on any atom is -0.356 e. The van der Waals surface area contributed by atoms with E-state index >= 15 is 0 Å². The fourth-order valence-corrected chi connectivity index (χ4v) is 3.23. The van der Waals surface area contributed by atoms with Crippen LogP contribution in [-0.2, 0) is 13.0 Å². The van der Waals surface area contributed by atoms with Gasteiger partial charge in [0.25, 0.3) is 0 Å². The van der Waals surface area contributed by atoms with E-state index in [1.165, 1.54) is 23.5 Å². The third-order valence-electron chi connectivity index (χ3n) is 4.80. The minimum atomic E-state index is -0.451. The number of aliphatic imine (C=N–C) groups is 1. The molecule has 0 amide bonds. The highest BCUT2D eigenvalue weighted by Crippen LogP contribution is 2.20. The van der Waals surface area contributed by atoms with Crippen molar-refractivity contribution in [2.45, 2.75) is 18.9 Å². The van der Waals surface area contributed by atoms with Gasteiger partial charge in [0.05, 0.1) is 11.5 Å². The van der Waals surface area contributed by atoms with Crippen molar-refractivity contribution in [2.75, 3.05) is 20.1 Å². The molecule has 1 heterocycles. The molecule has 0 aliphatic carbocycles. The molecule has 2 N–H and O–H groups in total. The predicted molar refractivity (Wildman–Crippen MR) is 118 cm³/mol. The molecule has 0 radical (unpaired) electrons. The van der Waals surface area contributed by atoms with E-state index in [2.05, 4.69) is 69.3 Å². The molecule has 2 aromatic carbocycles. The maximum absolute atomic E-state index is 10.7. The zero-order chi connectivity index (χ0) is 21.2. The lowest BCUT2D eigenvalue weighted by Crippen LogP contribution is -2.41. The second-order valence-corrected chi connectivity index (χ2v) is 6.90. The van der Waals surface area contributed by atoms with E-state index in [-0.39, 0.29) is 5.69 Å². The van der Waals surface area contributed by atoms with Gasteiger partial charge in [-0.2, -0.15) is 5.10 Å². The Kier molecular flexibility index (Phi) is 7.54. The summed E-state index contributed by atoms with van der Waals surface area (Å²) >= 11 is 0. The van der Waals surface area contributed by atoms with Gasteiger partial charge in [-0.15, -0.1) is 0 Å². The lowest BCUT2D eigenvalue weighted by atomic mass is 9.92. The van der Waals surface area contributed by atoms with E-state index < -0.39 is 4.92 Å². The molecule has 0 spiro atoms. The van der Waals surface area contributed by atoms with Crippen LogP contribution in [0.2, 0.25) is 0 Å². The highest BCUT2D eigenvalue weighted by Gasteiger charge is 2.13. The summed E-state index contributed by atoms with van der Waals surface area (Å²) in [5.41, 5.74) is 2.55. The molecule has 1 atom stereocenters. The molecule has 3 aromatic rings. The lowest BCUT2D eigenvalue weighted by molar-refractivity contribution is -0.385. The maximum Gasteiger partial charge on any atom is 0.306 e. The third-order valence-corrected chi connectivity index (χ3v) is 4.80. The topological polar surface area (TPSA) is 97.4 Å². The van der Waals surface area contributed by atoms with Crippen molar-refractivity contribution in [3.8, 4) is 0 Å². The van der Waals surface area contributed by atoms with Crippen molar-refractivity contribution in [3.05, 3.63) is 94.3 Å². The van der Waals surface area contributed by atoms with Gasteiger partial charge in [-0.25, -0.2) is 0 Å². The van der Waals surface area contributed by atoms with Gasteiger partial charge in [0.2, 0.25) is 0 Å². The van der Waals surface area contributed by atoms with E-state index in [1.807, 2.05) is 12.1 Å². The number of nitrogens with zero attached hydrogens (tertiary/aromatic N) is 4. The zero-order valence-electron chi connectivity index (χ0n) is 16.9. The summed E-state index contributed by atoms with van der Waals surface area (Å²) in [4.78, 5) is 14.6. The number of benzene rings is 2. The van der Waals surface area contributed by atoms with Gasteiger partial charge in [0, 0.05) is 26.1 Å². The van der Waals surface area contributed by atoms with Gasteiger partial charge in [0.15, 0.2) is 5.96 Å². The summed E-state index contributed by atoms with van der Waals surface area (Å²) in [6.07, 6.45) is 3.59. The number of nitro groups is 1. The summed E-state index contributed by atoms with van der Waals surface area (Å²) < 4.78 is 1.54. The van der Waals surface area contributed by atoms with Crippen molar-refractivity contribution in [3.63, 3.8) is 0 Å². The second kappa shape index (κ2) is 10.8. The number of hydrogen-bond acceptors (Lipinski definition) is 4. The van der Waals surface area contributed by atoms with Gasteiger partial charge in [-0.05, 0) is 17.5 Å². The molecule has 0 bridgehead atoms. The Balaban J connectivity index is 1.55. The lowest BCUT2D eigenvalue weighted by Gasteiger charge is -2.20. The summed E-state index contributed by atoms with van der Waals surface area (Å²) in [5, 5.41) is 21.4. The first-order valence-corrected chi connectivity index (χ1v) is 9.86. The quantitative estimate of drug-likeness (QED) is 0.246. The van der Waals surface area contributed by atoms with Crippen LogP contribution in [0, 0.1) is 10.1 Å². The first-order valence-electron chi connectivity index (χ1n) is 9.86. The van der Waals surface area contributed by atoms with E-state index in [0.29, 0.717) is 25.0 Å². The second-order valence-electron chi connectivity index (χ2n) is 6.90. The van der Waals surface area contributed by atoms with Gasteiger partial charge in [-0.1, -0.05) is 60.7 Å². The average molecular weight is 406 g/mol. The molecule has 0 fully saturated rings. The Morgan fingerprint density at radius 2 is 1.83 bits per heavy atom. The van der Waals surface area contributed by atoms with Gasteiger partial charge < -0.3 is 10.6 Å². The monoisotopic (exact) mass is 406 g/mol. The first-order chi connectivity index (χ1) is 14.7. The van der Waals surface area contributed by atoms with Crippen LogP contribution in [0.1, 0.15) is 17.0 Å². The molecule has 3 rings (SSSR count). The SMILES string of the molecule is CN=C(NCCn1cc([N+](=O)[O-])cn1)NCC(Cc1ccccc1)c1ccccc1. The summed E-state index contributed by atoms with van der Waals surface area (Å²) in [7, 11) is 1.73. The van der Waals surface area contributed by atoms with Gasteiger partial charge >= 0.3 is 5.69 Å². The first kappa shape index (κ1) is 21.0. The Labute approximate surface area is 175 Å². The number of hydrogen-bond donors (Lipinski definition) is 2. The van der Waals surface area contributed by atoms with Crippen molar-refractivity contribution >= 4 is 11.6 Å². The molecule has 8 heteroatoms. The van der Waals surface area contributed by atoms with Crippen molar-refractivity contribution in [1.29, 1.82) is 0 Å². The van der Waals surface area contributed by atoms with Crippen LogP contribution in [-0.4, -0.2) is 40.8 Å². The molecule has 0 aliphatic heterocycles. The summed E-state index contributed by atoms with van der Waals surface area (Å²) in [6.45, 7) is 1.78. The minimum absolute atomic E-state index is 0.0101. The Morgan fingerprint density at radius 3 is 2.47 bits per heavy atom. The zero-order valence-corrected chi connectivity index (χ0v) is 16.9. The van der Waals surface area contributed by atoms with E-state index in [0.717, 1.165) is 13.0 Å². The summed E-state index contributed by atoms with van der Waals surface area (Å²) in [5.74, 6) is 0.978. The maximum atomic E-state index is 10.7. The smallest absolute Gasteiger partial charge is 0.306 e. The highest BCUT2D eigenvalue weighted by molar-refractivity contribution is 5.79. The predicted octanol–water partition coefficient (Wildman–Crippen LogP) is 2.98. The molecule has 0 aliphatic rings. The van der Waals surface area contributed by atoms with Crippen molar-refractivity contribution in [1.82, 2.24) is 20.4 Å². The molecule has 1 aromatic heterocycles. The number of guanidine groups is 1. The Hall–Kier alpha value is -3.68. The Morgan fingerprint density at radius 1 is 1.13 bits per heavy atom.